The molecular formula is C13H25N3O2. The van der Waals surface area contributed by atoms with Crippen LogP contribution in [0.1, 0.15) is 20.8 Å². The highest BCUT2D eigenvalue weighted by Crippen LogP contribution is 2.18. The van der Waals surface area contributed by atoms with Crippen molar-refractivity contribution in [3.63, 3.8) is 0 Å². The molecule has 1 heterocycles. The number of piperazine rings is 1. The van der Waals surface area contributed by atoms with E-state index < -0.39 is 0 Å². The molecule has 0 radical (unpaired) electrons. The normalized spacial score (nSPS) is 17.7. The Bertz CT molecular complexity index is 313. The van der Waals surface area contributed by atoms with Crippen molar-refractivity contribution in [2.24, 2.45) is 5.41 Å². The summed E-state index contributed by atoms with van der Waals surface area (Å²) in [6.07, 6.45) is 0. The van der Waals surface area contributed by atoms with E-state index in [1.165, 1.54) is 0 Å². The molecule has 1 fully saturated rings. The summed E-state index contributed by atoms with van der Waals surface area (Å²) in [6, 6.07) is 0. The van der Waals surface area contributed by atoms with Gasteiger partial charge in [-0.3, -0.25) is 14.5 Å². The molecule has 1 aliphatic rings. The van der Waals surface area contributed by atoms with Gasteiger partial charge in [0.1, 0.15) is 0 Å². The molecule has 0 aromatic rings. The number of hydrogen-bond acceptors (Lipinski definition) is 3. The van der Waals surface area contributed by atoms with E-state index in [4.69, 9.17) is 0 Å². The maximum atomic E-state index is 12.1. The maximum absolute atomic E-state index is 12.1. The molecule has 1 saturated heterocycles. The van der Waals surface area contributed by atoms with Gasteiger partial charge >= 0.3 is 0 Å². The quantitative estimate of drug-likeness (QED) is 0.711. The van der Waals surface area contributed by atoms with Gasteiger partial charge in [-0.2, -0.15) is 0 Å². The van der Waals surface area contributed by atoms with E-state index in [2.05, 4.69) is 4.90 Å². The van der Waals surface area contributed by atoms with Gasteiger partial charge in [0.15, 0.2) is 0 Å². The number of rotatable bonds is 2. The molecule has 0 atom stereocenters. The van der Waals surface area contributed by atoms with Gasteiger partial charge in [-0.05, 0) is 0 Å². The molecule has 0 spiro atoms. The van der Waals surface area contributed by atoms with Gasteiger partial charge in [0.05, 0.1) is 6.54 Å². The molecule has 0 aliphatic carbocycles. The second kappa shape index (κ2) is 5.69. The SMILES string of the molecule is CN(C)C(=O)CN1CCN(C(=O)C(C)(C)C)CC1. The molecule has 0 aromatic carbocycles. The van der Waals surface area contributed by atoms with E-state index in [-0.39, 0.29) is 17.2 Å². The number of carbonyl (C=O) groups is 2. The predicted octanol–water partition coefficient (Wildman–Crippen LogP) is 0.265. The lowest BCUT2D eigenvalue weighted by Crippen LogP contribution is -2.53. The van der Waals surface area contributed by atoms with Crippen LogP contribution in [0.4, 0.5) is 0 Å². The highest BCUT2D eigenvalue weighted by molar-refractivity contribution is 5.81. The van der Waals surface area contributed by atoms with E-state index >= 15 is 0 Å². The van der Waals surface area contributed by atoms with Crippen molar-refractivity contribution in [2.45, 2.75) is 20.8 Å². The molecule has 1 aliphatic heterocycles. The molecule has 0 aromatic heterocycles. The minimum atomic E-state index is -0.318. The van der Waals surface area contributed by atoms with Crippen molar-refractivity contribution in [3.8, 4) is 0 Å². The standard InChI is InChI=1S/C13H25N3O2/c1-13(2,3)12(18)16-8-6-15(7-9-16)10-11(17)14(4)5/h6-10H2,1-5H3. The molecule has 0 unspecified atom stereocenters. The largest absolute Gasteiger partial charge is 0.348 e. The third-order valence-electron chi connectivity index (χ3n) is 3.16. The summed E-state index contributed by atoms with van der Waals surface area (Å²) in [5.74, 6) is 0.312. The monoisotopic (exact) mass is 255 g/mol. The lowest BCUT2D eigenvalue weighted by Gasteiger charge is -2.37. The van der Waals surface area contributed by atoms with Crippen molar-refractivity contribution >= 4 is 11.8 Å². The number of amides is 2. The second-order valence-electron chi connectivity index (χ2n) is 6.11. The first kappa shape index (κ1) is 15.0. The van der Waals surface area contributed by atoms with Crippen molar-refractivity contribution in [3.05, 3.63) is 0 Å². The Morgan fingerprint density at radius 2 is 1.56 bits per heavy atom. The van der Waals surface area contributed by atoms with Crippen LogP contribution in [-0.4, -0.2) is 73.3 Å². The summed E-state index contributed by atoms with van der Waals surface area (Å²) in [4.78, 5) is 29.3. The van der Waals surface area contributed by atoms with Gasteiger partial charge in [0.25, 0.3) is 0 Å². The van der Waals surface area contributed by atoms with Crippen molar-refractivity contribution in [1.29, 1.82) is 0 Å². The fraction of sp³-hybridized carbons (Fsp3) is 0.846. The molecule has 5 nitrogen and oxygen atoms in total. The Morgan fingerprint density at radius 3 is 1.94 bits per heavy atom. The Hall–Kier alpha value is -1.10. The van der Waals surface area contributed by atoms with E-state index in [0.717, 1.165) is 26.2 Å². The Balaban J connectivity index is 2.42. The van der Waals surface area contributed by atoms with Crippen molar-refractivity contribution < 1.29 is 9.59 Å². The van der Waals surface area contributed by atoms with Crippen LogP contribution in [0.25, 0.3) is 0 Å². The summed E-state index contributed by atoms with van der Waals surface area (Å²) in [6.45, 7) is 9.27. The molecule has 0 bridgehead atoms. The lowest BCUT2D eigenvalue weighted by atomic mass is 9.94. The number of carbonyl (C=O) groups excluding carboxylic acids is 2. The molecule has 18 heavy (non-hydrogen) atoms. The predicted molar refractivity (Wildman–Crippen MR) is 71.2 cm³/mol. The first-order chi connectivity index (χ1) is 8.21. The molecule has 2 amide bonds. The molecule has 0 N–H and O–H groups in total. The highest BCUT2D eigenvalue weighted by Gasteiger charge is 2.30. The van der Waals surface area contributed by atoms with Crippen LogP contribution >= 0.6 is 0 Å². The summed E-state index contributed by atoms with van der Waals surface area (Å²) < 4.78 is 0. The van der Waals surface area contributed by atoms with Crippen LogP contribution in [-0.2, 0) is 9.59 Å². The number of nitrogens with zero attached hydrogens (tertiary/aromatic N) is 3. The summed E-state index contributed by atoms with van der Waals surface area (Å²) >= 11 is 0. The van der Waals surface area contributed by atoms with E-state index in [1.54, 1.807) is 19.0 Å². The van der Waals surface area contributed by atoms with Crippen LogP contribution in [0.15, 0.2) is 0 Å². The minimum absolute atomic E-state index is 0.116. The number of likely N-dealkylation sites (N-methyl/N-ethyl adjacent to an activating group) is 1. The van der Waals surface area contributed by atoms with Gasteiger partial charge in [0, 0.05) is 45.7 Å². The molecule has 0 saturated carbocycles. The molecule has 1 rings (SSSR count). The average molecular weight is 255 g/mol. The Kier molecular flexibility index (Phi) is 4.73. The summed E-state index contributed by atoms with van der Waals surface area (Å²) in [7, 11) is 3.53. The maximum Gasteiger partial charge on any atom is 0.236 e. The van der Waals surface area contributed by atoms with E-state index in [9.17, 15) is 9.59 Å². The van der Waals surface area contributed by atoms with Crippen LogP contribution in [0.5, 0.6) is 0 Å². The van der Waals surface area contributed by atoms with Gasteiger partial charge in [-0.25, -0.2) is 0 Å². The fourth-order valence-corrected chi connectivity index (χ4v) is 1.92. The summed E-state index contributed by atoms with van der Waals surface area (Å²) in [5.41, 5.74) is -0.318. The van der Waals surface area contributed by atoms with Gasteiger partial charge < -0.3 is 9.80 Å². The zero-order chi connectivity index (χ0) is 13.9. The van der Waals surface area contributed by atoms with E-state index in [1.807, 2.05) is 25.7 Å². The van der Waals surface area contributed by atoms with Crippen molar-refractivity contribution in [2.75, 3.05) is 46.8 Å². The third kappa shape index (κ3) is 3.98. The van der Waals surface area contributed by atoms with Crippen LogP contribution in [0.3, 0.4) is 0 Å². The zero-order valence-corrected chi connectivity index (χ0v) is 12.2. The summed E-state index contributed by atoms with van der Waals surface area (Å²) in [5, 5.41) is 0. The van der Waals surface area contributed by atoms with Crippen LogP contribution in [0, 0.1) is 5.41 Å². The van der Waals surface area contributed by atoms with Gasteiger partial charge in [-0.1, -0.05) is 20.8 Å². The average Bonchev–Trinajstić information content (AvgIpc) is 2.27. The van der Waals surface area contributed by atoms with Crippen molar-refractivity contribution in [1.82, 2.24) is 14.7 Å². The smallest absolute Gasteiger partial charge is 0.236 e. The van der Waals surface area contributed by atoms with Crippen LogP contribution < -0.4 is 0 Å². The third-order valence-corrected chi connectivity index (χ3v) is 3.16. The molecule has 104 valence electrons. The van der Waals surface area contributed by atoms with Gasteiger partial charge in [0.2, 0.25) is 11.8 Å². The lowest BCUT2D eigenvalue weighted by molar-refractivity contribution is -0.141. The molecular weight excluding hydrogens is 230 g/mol. The van der Waals surface area contributed by atoms with E-state index in [0.29, 0.717) is 6.54 Å². The highest BCUT2D eigenvalue weighted by atomic mass is 16.2. The minimum Gasteiger partial charge on any atom is -0.348 e. The second-order valence-corrected chi connectivity index (χ2v) is 6.11. The Morgan fingerprint density at radius 1 is 1.06 bits per heavy atom. The number of hydrogen-bond donors (Lipinski definition) is 0. The fourth-order valence-electron chi connectivity index (χ4n) is 1.92. The zero-order valence-electron chi connectivity index (χ0n) is 12.2. The Labute approximate surface area is 110 Å². The molecule has 5 heteroatoms. The van der Waals surface area contributed by atoms with Gasteiger partial charge in [-0.15, -0.1) is 0 Å². The topological polar surface area (TPSA) is 43.9 Å². The first-order valence-corrected chi connectivity index (χ1v) is 6.43. The first-order valence-electron chi connectivity index (χ1n) is 6.43. The van der Waals surface area contributed by atoms with Crippen LogP contribution in [0.2, 0.25) is 0 Å².